The zero-order chi connectivity index (χ0) is 12.4. The van der Waals surface area contributed by atoms with Gasteiger partial charge < -0.3 is 4.74 Å². The quantitative estimate of drug-likeness (QED) is 0.788. The molecule has 2 aromatic carbocycles. The number of aryl methyl sites for hydroxylation is 1. The second kappa shape index (κ2) is 4.88. The molecule has 0 unspecified atom stereocenters. The zero-order valence-corrected chi connectivity index (χ0v) is 11.2. The van der Waals surface area contributed by atoms with E-state index in [9.17, 15) is 4.39 Å². The van der Waals surface area contributed by atoms with Gasteiger partial charge in [0.2, 0.25) is 0 Å². The minimum Gasteiger partial charge on any atom is -0.497 e. The molecule has 0 amide bonds. The lowest BCUT2D eigenvalue weighted by Crippen LogP contribution is -1.88. The van der Waals surface area contributed by atoms with Crippen molar-refractivity contribution in [2.75, 3.05) is 7.11 Å². The Kier molecular flexibility index (Phi) is 3.48. The van der Waals surface area contributed by atoms with Crippen molar-refractivity contribution >= 4 is 15.9 Å². The summed E-state index contributed by atoms with van der Waals surface area (Å²) < 4.78 is 19.1. The molecule has 0 aliphatic carbocycles. The molecule has 0 radical (unpaired) electrons. The molecule has 17 heavy (non-hydrogen) atoms. The molecule has 0 aromatic heterocycles. The van der Waals surface area contributed by atoms with Crippen molar-refractivity contribution in [3.8, 4) is 16.9 Å². The molecule has 1 nitrogen and oxygen atoms in total. The minimum absolute atomic E-state index is 0.230. The fourth-order valence-electron chi connectivity index (χ4n) is 1.83. The third-order valence-electron chi connectivity index (χ3n) is 2.63. The van der Waals surface area contributed by atoms with Crippen LogP contribution in [0.5, 0.6) is 5.75 Å². The predicted molar refractivity (Wildman–Crippen MR) is 70.8 cm³/mol. The summed E-state index contributed by atoms with van der Waals surface area (Å²) >= 11 is 3.40. The van der Waals surface area contributed by atoms with Gasteiger partial charge in [0.1, 0.15) is 11.6 Å². The molecule has 0 heterocycles. The van der Waals surface area contributed by atoms with E-state index in [1.54, 1.807) is 7.11 Å². The van der Waals surface area contributed by atoms with Gasteiger partial charge in [-0.15, -0.1) is 0 Å². The van der Waals surface area contributed by atoms with E-state index in [0.717, 1.165) is 26.9 Å². The van der Waals surface area contributed by atoms with Crippen LogP contribution >= 0.6 is 15.9 Å². The lowest BCUT2D eigenvalue weighted by atomic mass is 10.0. The number of halogens is 2. The molecule has 2 rings (SSSR count). The van der Waals surface area contributed by atoms with E-state index in [2.05, 4.69) is 15.9 Å². The first-order valence-corrected chi connectivity index (χ1v) is 6.01. The topological polar surface area (TPSA) is 9.23 Å². The van der Waals surface area contributed by atoms with E-state index in [-0.39, 0.29) is 5.82 Å². The number of benzene rings is 2. The van der Waals surface area contributed by atoms with Crippen LogP contribution < -0.4 is 4.74 Å². The summed E-state index contributed by atoms with van der Waals surface area (Å²) in [6.45, 7) is 1.90. The Morgan fingerprint density at radius 1 is 1.12 bits per heavy atom. The largest absolute Gasteiger partial charge is 0.497 e. The van der Waals surface area contributed by atoms with E-state index in [1.165, 1.54) is 12.1 Å². The SMILES string of the molecule is COc1ccc(-c2c(C)cc(F)cc2Br)cc1. The Morgan fingerprint density at radius 2 is 1.76 bits per heavy atom. The first-order chi connectivity index (χ1) is 8.11. The van der Waals surface area contributed by atoms with Gasteiger partial charge in [0.15, 0.2) is 0 Å². The molecule has 3 heteroatoms. The van der Waals surface area contributed by atoms with Gasteiger partial charge in [-0.25, -0.2) is 4.39 Å². The molecule has 2 aromatic rings. The van der Waals surface area contributed by atoms with Gasteiger partial charge in [-0.05, 0) is 47.9 Å². The maximum absolute atomic E-state index is 13.2. The van der Waals surface area contributed by atoms with Crippen LogP contribution in [-0.2, 0) is 0 Å². The first kappa shape index (κ1) is 12.1. The van der Waals surface area contributed by atoms with Crippen LogP contribution in [0.2, 0.25) is 0 Å². The first-order valence-electron chi connectivity index (χ1n) is 5.22. The van der Waals surface area contributed by atoms with Gasteiger partial charge in [0.05, 0.1) is 7.11 Å². The summed E-state index contributed by atoms with van der Waals surface area (Å²) in [7, 11) is 1.63. The normalized spacial score (nSPS) is 10.4. The van der Waals surface area contributed by atoms with Crippen LogP contribution in [0.15, 0.2) is 40.9 Å². The maximum Gasteiger partial charge on any atom is 0.124 e. The highest BCUT2D eigenvalue weighted by Crippen LogP contribution is 2.33. The summed E-state index contributed by atoms with van der Waals surface area (Å²) in [5.74, 6) is 0.580. The molecule has 0 aliphatic rings. The fraction of sp³-hybridized carbons (Fsp3) is 0.143. The third-order valence-corrected chi connectivity index (χ3v) is 3.26. The average molecular weight is 295 g/mol. The van der Waals surface area contributed by atoms with Gasteiger partial charge in [-0.3, -0.25) is 0 Å². The Hall–Kier alpha value is -1.35. The Balaban J connectivity index is 2.52. The molecule has 0 fully saturated rings. The predicted octanol–water partition coefficient (Wildman–Crippen LogP) is 4.57. The van der Waals surface area contributed by atoms with Gasteiger partial charge in [-0.2, -0.15) is 0 Å². The van der Waals surface area contributed by atoms with Crippen LogP contribution in [0.1, 0.15) is 5.56 Å². The van der Waals surface area contributed by atoms with Crippen molar-refractivity contribution in [3.63, 3.8) is 0 Å². The Bertz CT molecular complexity index is 511. The minimum atomic E-state index is -0.230. The standard InChI is InChI=1S/C14H12BrFO/c1-9-7-11(16)8-13(15)14(9)10-3-5-12(17-2)6-4-10/h3-8H,1-2H3. The molecule has 88 valence electrons. The van der Waals surface area contributed by atoms with E-state index in [0.29, 0.717) is 0 Å². The smallest absolute Gasteiger partial charge is 0.124 e. The van der Waals surface area contributed by atoms with E-state index < -0.39 is 0 Å². The van der Waals surface area contributed by atoms with Crippen molar-refractivity contribution in [2.24, 2.45) is 0 Å². The summed E-state index contributed by atoms with van der Waals surface area (Å²) in [4.78, 5) is 0. The molecule has 0 N–H and O–H groups in total. The number of rotatable bonds is 2. The van der Waals surface area contributed by atoms with Gasteiger partial charge in [0.25, 0.3) is 0 Å². The molecule has 0 atom stereocenters. The molecular formula is C14H12BrFO. The summed E-state index contributed by atoms with van der Waals surface area (Å²) in [6.07, 6.45) is 0. The van der Waals surface area contributed by atoms with E-state index in [4.69, 9.17) is 4.74 Å². The lowest BCUT2D eigenvalue weighted by molar-refractivity contribution is 0.415. The molecule has 0 bridgehead atoms. The van der Waals surface area contributed by atoms with Crippen LogP contribution in [-0.4, -0.2) is 7.11 Å². The number of methoxy groups -OCH3 is 1. The summed E-state index contributed by atoms with van der Waals surface area (Å²) in [6, 6.07) is 10.7. The number of ether oxygens (including phenoxy) is 1. The Morgan fingerprint density at radius 3 is 2.29 bits per heavy atom. The molecular weight excluding hydrogens is 283 g/mol. The van der Waals surface area contributed by atoms with Gasteiger partial charge in [0, 0.05) is 4.47 Å². The monoisotopic (exact) mass is 294 g/mol. The molecule has 0 saturated carbocycles. The van der Waals surface area contributed by atoms with Crippen molar-refractivity contribution in [1.29, 1.82) is 0 Å². The van der Waals surface area contributed by atoms with Crippen molar-refractivity contribution < 1.29 is 9.13 Å². The number of hydrogen-bond acceptors (Lipinski definition) is 1. The van der Waals surface area contributed by atoms with E-state index in [1.807, 2.05) is 31.2 Å². The van der Waals surface area contributed by atoms with Crippen LogP contribution in [0.25, 0.3) is 11.1 Å². The maximum atomic E-state index is 13.2. The molecule has 0 saturated heterocycles. The molecule has 0 spiro atoms. The average Bonchev–Trinajstić information content (AvgIpc) is 2.28. The summed E-state index contributed by atoms with van der Waals surface area (Å²) in [5, 5.41) is 0. The molecule has 0 aliphatic heterocycles. The van der Waals surface area contributed by atoms with Gasteiger partial charge in [-0.1, -0.05) is 28.1 Å². The second-order valence-electron chi connectivity index (χ2n) is 3.81. The third kappa shape index (κ3) is 2.50. The highest BCUT2D eigenvalue weighted by atomic mass is 79.9. The van der Waals surface area contributed by atoms with Crippen LogP contribution in [0.3, 0.4) is 0 Å². The summed E-state index contributed by atoms with van der Waals surface area (Å²) in [5.41, 5.74) is 2.95. The highest BCUT2D eigenvalue weighted by molar-refractivity contribution is 9.10. The Labute approximate surface area is 108 Å². The number of hydrogen-bond donors (Lipinski definition) is 0. The second-order valence-corrected chi connectivity index (χ2v) is 4.66. The van der Waals surface area contributed by atoms with Crippen molar-refractivity contribution in [3.05, 3.63) is 52.3 Å². The van der Waals surface area contributed by atoms with E-state index >= 15 is 0 Å². The van der Waals surface area contributed by atoms with Gasteiger partial charge >= 0.3 is 0 Å². The van der Waals surface area contributed by atoms with Crippen LogP contribution in [0.4, 0.5) is 4.39 Å². The highest BCUT2D eigenvalue weighted by Gasteiger charge is 2.08. The van der Waals surface area contributed by atoms with Crippen LogP contribution in [0, 0.1) is 12.7 Å². The lowest BCUT2D eigenvalue weighted by Gasteiger charge is -2.10. The van der Waals surface area contributed by atoms with Crippen molar-refractivity contribution in [1.82, 2.24) is 0 Å². The fourth-order valence-corrected chi connectivity index (χ4v) is 2.59. The van der Waals surface area contributed by atoms with Crippen molar-refractivity contribution in [2.45, 2.75) is 6.92 Å². The zero-order valence-electron chi connectivity index (χ0n) is 9.63.